The number of hydrogen-bond donors (Lipinski definition) is 2. The van der Waals surface area contributed by atoms with Gasteiger partial charge in [-0.2, -0.15) is 0 Å². The van der Waals surface area contributed by atoms with Gasteiger partial charge in [-0.15, -0.1) is 0 Å². The maximum atomic E-state index is 12.2. The van der Waals surface area contributed by atoms with Crippen LogP contribution in [0.4, 0.5) is 0 Å². The topological polar surface area (TPSA) is 75.1 Å². The molecule has 2 aromatic rings. The van der Waals surface area contributed by atoms with Gasteiger partial charge in [-0.05, 0) is 31.5 Å². The molecule has 0 saturated heterocycles. The van der Waals surface area contributed by atoms with E-state index in [1.165, 1.54) is 6.20 Å². The number of carbonyl (C=O) groups excluding carboxylic acids is 1. The van der Waals surface area contributed by atoms with Crippen molar-refractivity contribution in [3.63, 3.8) is 0 Å². The highest BCUT2D eigenvalue weighted by Crippen LogP contribution is 2.20. The van der Waals surface area contributed by atoms with Gasteiger partial charge in [0.1, 0.15) is 11.5 Å². The Labute approximate surface area is 138 Å². The van der Waals surface area contributed by atoms with Crippen LogP contribution in [-0.4, -0.2) is 27.0 Å². The van der Waals surface area contributed by atoms with Gasteiger partial charge in [-0.1, -0.05) is 35.3 Å². The number of nitrogens with one attached hydrogen (secondary N) is 1. The quantitative estimate of drug-likeness (QED) is 0.897. The van der Waals surface area contributed by atoms with Crippen LogP contribution in [0, 0.1) is 6.92 Å². The van der Waals surface area contributed by atoms with Crippen molar-refractivity contribution in [2.45, 2.75) is 26.0 Å². The number of hydrogen-bond acceptors (Lipinski definition) is 4. The first kappa shape index (κ1) is 16.7. The number of halogens is 2. The van der Waals surface area contributed by atoms with Gasteiger partial charge in [-0.3, -0.25) is 4.79 Å². The first-order valence-electron chi connectivity index (χ1n) is 6.62. The van der Waals surface area contributed by atoms with E-state index in [-0.39, 0.29) is 10.7 Å². The fourth-order valence-corrected chi connectivity index (χ4v) is 2.22. The van der Waals surface area contributed by atoms with Crippen molar-refractivity contribution in [2.75, 3.05) is 0 Å². The second kappa shape index (κ2) is 7.05. The summed E-state index contributed by atoms with van der Waals surface area (Å²) in [6, 6.07) is 6.24. The zero-order valence-corrected chi connectivity index (χ0v) is 13.6. The Morgan fingerprint density at radius 2 is 1.91 bits per heavy atom. The highest BCUT2D eigenvalue weighted by atomic mass is 35.5. The number of aliphatic hydroxyl groups is 1. The van der Waals surface area contributed by atoms with Gasteiger partial charge < -0.3 is 10.4 Å². The first-order valence-corrected chi connectivity index (χ1v) is 7.37. The maximum Gasteiger partial charge on any atom is 0.271 e. The molecule has 0 saturated carbocycles. The van der Waals surface area contributed by atoms with Crippen LogP contribution in [-0.2, 0) is 0 Å². The number of carbonyl (C=O) groups is 1. The first-order chi connectivity index (χ1) is 10.4. The second-order valence-corrected chi connectivity index (χ2v) is 5.72. The van der Waals surface area contributed by atoms with Gasteiger partial charge in [0, 0.05) is 5.02 Å². The van der Waals surface area contributed by atoms with E-state index in [4.69, 9.17) is 23.2 Å². The lowest BCUT2D eigenvalue weighted by molar-refractivity contribution is 0.0847. The lowest BCUT2D eigenvalue weighted by Crippen LogP contribution is -2.37. The van der Waals surface area contributed by atoms with Gasteiger partial charge >= 0.3 is 0 Å². The zero-order chi connectivity index (χ0) is 16.3. The highest BCUT2D eigenvalue weighted by Gasteiger charge is 2.21. The Balaban J connectivity index is 2.10. The van der Waals surface area contributed by atoms with Crippen LogP contribution >= 0.6 is 23.2 Å². The summed E-state index contributed by atoms with van der Waals surface area (Å²) >= 11 is 11.7. The minimum absolute atomic E-state index is 0.0873. The number of aryl methyl sites for hydroxylation is 1. The summed E-state index contributed by atoms with van der Waals surface area (Å²) < 4.78 is 0. The standard InChI is InChI=1S/C15H15Cl2N3O2/c1-8(14(21)10-3-5-11(16)6-4-10)19-15(22)13-12(17)7-18-9(2)20-13/h3-8,14,21H,1-2H3,(H,19,22). The number of rotatable bonds is 4. The van der Waals surface area contributed by atoms with Crippen molar-refractivity contribution in [1.29, 1.82) is 0 Å². The molecule has 7 heteroatoms. The Morgan fingerprint density at radius 3 is 2.55 bits per heavy atom. The molecule has 2 unspecified atom stereocenters. The predicted octanol–water partition coefficient (Wildman–Crippen LogP) is 2.94. The minimum Gasteiger partial charge on any atom is -0.386 e. The molecular weight excluding hydrogens is 325 g/mol. The average Bonchev–Trinajstić information content (AvgIpc) is 2.49. The molecule has 0 aliphatic heterocycles. The van der Waals surface area contributed by atoms with E-state index < -0.39 is 18.1 Å². The third-order valence-corrected chi connectivity index (χ3v) is 3.65. The van der Waals surface area contributed by atoms with E-state index in [0.717, 1.165) is 0 Å². The minimum atomic E-state index is -0.872. The van der Waals surface area contributed by atoms with Crippen LogP contribution in [0.1, 0.15) is 34.9 Å². The van der Waals surface area contributed by atoms with E-state index in [1.807, 2.05) is 0 Å². The van der Waals surface area contributed by atoms with E-state index in [2.05, 4.69) is 15.3 Å². The summed E-state index contributed by atoms with van der Waals surface area (Å²) in [6.07, 6.45) is 0.502. The number of nitrogens with zero attached hydrogens (tertiary/aromatic N) is 2. The number of benzene rings is 1. The predicted molar refractivity (Wildman–Crippen MR) is 85.1 cm³/mol. The summed E-state index contributed by atoms with van der Waals surface area (Å²) in [5.41, 5.74) is 0.742. The van der Waals surface area contributed by atoms with E-state index in [1.54, 1.807) is 38.1 Å². The van der Waals surface area contributed by atoms with Gasteiger partial charge in [0.05, 0.1) is 23.4 Å². The molecule has 0 spiro atoms. The van der Waals surface area contributed by atoms with Crippen molar-refractivity contribution in [2.24, 2.45) is 0 Å². The van der Waals surface area contributed by atoms with Crippen molar-refractivity contribution in [3.8, 4) is 0 Å². The van der Waals surface area contributed by atoms with Gasteiger partial charge in [0.25, 0.3) is 5.91 Å². The Hall–Kier alpha value is -1.69. The normalized spacial score (nSPS) is 13.5. The molecule has 1 aromatic heterocycles. The summed E-state index contributed by atoms with van der Waals surface area (Å²) in [5.74, 6) is -0.0172. The summed E-state index contributed by atoms with van der Waals surface area (Å²) in [5, 5.41) is 13.7. The molecule has 2 N–H and O–H groups in total. The fourth-order valence-electron chi connectivity index (χ4n) is 1.92. The van der Waals surface area contributed by atoms with Crippen LogP contribution < -0.4 is 5.32 Å². The molecule has 0 aliphatic carbocycles. The monoisotopic (exact) mass is 339 g/mol. The largest absolute Gasteiger partial charge is 0.386 e. The number of aliphatic hydroxyl groups excluding tert-OH is 1. The number of amides is 1. The van der Waals surface area contributed by atoms with Crippen molar-refractivity contribution < 1.29 is 9.90 Å². The molecule has 116 valence electrons. The summed E-state index contributed by atoms with van der Waals surface area (Å²) in [6.45, 7) is 3.36. The summed E-state index contributed by atoms with van der Waals surface area (Å²) in [7, 11) is 0. The molecule has 2 rings (SSSR count). The van der Waals surface area contributed by atoms with Gasteiger partial charge in [0.2, 0.25) is 0 Å². The molecule has 2 atom stereocenters. The van der Waals surface area contributed by atoms with Crippen molar-refractivity contribution in [3.05, 3.63) is 57.6 Å². The molecule has 22 heavy (non-hydrogen) atoms. The highest BCUT2D eigenvalue weighted by molar-refractivity contribution is 6.33. The second-order valence-electron chi connectivity index (χ2n) is 4.87. The molecule has 1 heterocycles. The SMILES string of the molecule is Cc1ncc(Cl)c(C(=O)NC(C)C(O)c2ccc(Cl)cc2)n1. The van der Waals surface area contributed by atoms with Crippen LogP contribution in [0.3, 0.4) is 0 Å². The maximum absolute atomic E-state index is 12.2. The van der Waals surface area contributed by atoms with E-state index >= 15 is 0 Å². The van der Waals surface area contributed by atoms with Gasteiger partial charge in [-0.25, -0.2) is 9.97 Å². The van der Waals surface area contributed by atoms with E-state index in [9.17, 15) is 9.90 Å². The lowest BCUT2D eigenvalue weighted by atomic mass is 10.0. The smallest absolute Gasteiger partial charge is 0.271 e. The molecule has 1 amide bonds. The molecule has 0 fully saturated rings. The Kier molecular flexibility index (Phi) is 5.34. The molecule has 0 bridgehead atoms. The van der Waals surface area contributed by atoms with Crippen LogP contribution in [0.25, 0.3) is 0 Å². The van der Waals surface area contributed by atoms with Crippen molar-refractivity contribution >= 4 is 29.1 Å². The van der Waals surface area contributed by atoms with Gasteiger partial charge in [0.15, 0.2) is 0 Å². The molecule has 0 radical (unpaired) electrons. The third kappa shape index (κ3) is 3.94. The summed E-state index contributed by atoms with van der Waals surface area (Å²) in [4.78, 5) is 20.1. The molecule has 1 aromatic carbocycles. The lowest BCUT2D eigenvalue weighted by Gasteiger charge is -2.20. The average molecular weight is 340 g/mol. The van der Waals surface area contributed by atoms with E-state index in [0.29, 0.717) is 16.4 Å². The molecular formula is C15H15Cl2N3O2. The molecule has 5 nitrogen and oxygen atoms in total. The zero-order valence-electron chi connectivity index (χ0n) is 12.0. The number of aromatic nitrogens is 2. The Morgan fingerprint density at radius 1 is 1.27 bits per heavy atom. The van der Waals surface area contributed by atoms with Crippen LogP contribution in [0.2, 0.25) is 10.0 Å². The third-order valence-electron chi connectivity index (χ3n) is 3.12. The van der Waals surface area contributed by atoms with Crippen molar-refractivity contribution in [1.82, 2.24) is 15.3 Å². The van der Waals surface area contributed by atoms with Crippen LogP contribution in [0.5, 0.6) is 0 Å². The fraction of sp³-hybridized carbons (Fsp3) is 0.267. The van der Waals surface area contributed by atoms with Crippen LogP contribution in [0.15, 0.2) is 30.5 Å². The molecule has 0 aliphatic rings. The Bertz CT molecular complexity index is 677.